The minimum atomic E-state index is -0.555. The Morgan fingerprint density at radius 3 is 2.37 bits per heavy atom. The minimum absolute atomic E-state index is 0.0393. The van der Waals surface area contributed by atoms with Crippen molar-refractivity contribution >= 4 is 23.9 Å². The predicted molar refractivity (Wildman–Crippen MR) is 104 cm³/mol. The van der Waals surface area contributed by atoms with E-state index >= 15 is 0 Å². The molecule has 0 aliphatic rings. The molecule has 0 fully saturated rings. The molecule has 0 aliphatic heterocycles. The van der Waals surface area contributed by atoms with Crippen molar-refractivity contribution in [2.45, 2.75) is 18.4 Å². The highest BCUT2D eigenvalue weighted by atomic mass is 32.2. The normalized spacial score (nSPS) is 11.7. The fourth-order valence-electron chi connectivity index (χ4n) is 2.34. The molecule has 0 unspecified atom stereocenters. The molecule has 0 saturated heterocycles. The van der Waals surface area contributed by atoms with E-state index in [1.165, 1.54) is 5.56 Å². The van der Waals surface area contributed by atoms with E-state index in [0.29, 0.717) is 5.75 Å². The Morgan fingerprint density at radius 2 is 1.74 bits per heavy atom. The maximum absolute atomic E-state index is 12.2. The highest BCUT2D eigenvalue weighted by Crippen LogP contribution is 2.21. The number of alkyl carbamates (subject to hydrolysis) is 1. The van der Waals surface area contributed by atoms with E-state index in [9.17, 15) is 4.79 Å². The molecule has 0 saturated carbocycles. The summed E-state index contributed by atoms with van der Waals surface area (Å²) in [6.07, 6.45) is -0.555. The molecule has 1 heterocycles. The van der Waals surface area contributed by atoms with Crippen LogP contribution in [0.5, 0.6) is 0 Å². The van der Waals surface area contributed by atoms with Gasteiger partial charge in [0.05, 0.1) is 0 Å². The van der Waals surface area contributed by atoms with Crippen LogP contribution in [0.15, 0.2) is 65.1 Å². The van der Waals surface area contributed by atoms with Crippen LogP contribution in [0.1, 0.15) is 23.1 Å². The predicted octanol–water partition coefficient (Wildman–Crippen LogP) is 3.55. The molecule has 1 aromatic heterocycles. The quantitative estimate of drug-likeness (QED) is 0.612. The average molecular weight is 384 g/mol. The number of anilines is 1. The molecule has 0 radical (unpaired) electrons. The lowest BCUT2D eigenvalue weighted by molar-refractivity contribution is 0.135. The van der Waals surface area contributed by atoms with Gasteiger partial charge < -0.3 is 20.2 Å². The van der Waals surface area contributed by atoms with E-state index in [4.69, 9.17) is 14.9 Å². The number of carbonyl (C=O) groups is 1. The van der Waals surface area contributed by atoms with Gasteiger partial charge in [0, 0.05) is 11.5 Å². The van der Waals surface area contributed by atoms with Gasteiger partial charge in [0.1, 0.15) is 12.6 Å². The number of benzene rings is 2. The number of hydrogen-bond acceptors (Lipinski definition) is 7. The molecular weight excluding hydrogens is 364 g/mol. The van der Waals surface area contributed by atoms with Crippen molar-refractivity contribution in [3.63, 3.8) is 0 Å². The minimum Gasteiger partial charge on any atom is -0.445 e. The second kappa shape index (κ2) is 9.63. The standard InChI is InChI=1S/C19H20N4O3S/c20-18-23-22-17(26-18)16(13-27-12-15-9-5-2-6-10-15)21-19(24)25-11-14-7-3-1-4-8-14/h1-10,16H,11-13H2,(H2,20,23)(H,21,24)/t16-/m0/s1. The van der Waals surface area contributed by atoms with E-state index in [-0.39, 0.29) is 18.5 Å². The first-order valence-electron chi connectivity index (χ1n) is 8.38. The third-order valence-corrected chi connectivity index (χ3v) is 4.76. The van der Waals surface area contributed by atoms with E-state index < -0.39 is 12.1 Å². The van der Waals surface area contributed by atoms with Gasteiger partial charge in [-0.3, -0.25) is 0 Å². The molecule has 2 aromatic carbocycles. The maximum atomic E-state index is 12.2. The highest BCUT2D eigenvalue weighted by molar-refractivity contribution is 7.98. The third kappa shape index (κ3) is 6.03. The van der Waals surface area contributed by atoms with Crippen LogP contribution in [0.3, 0.4) is 0 Å². The fraction of sp³-hybridized carbons (Fsp3) is 0.211. The van der Waals surface area contributed by atoms with Crippen molar-refractivity contribution in [2.75, 3.05) is 11.5 Å². The van der Waals surface area contributed by atoms with Crippen LogP contribution in [-0.4, -0.2) is 22.0 Å². The molecule has 27 heavy (non-hydrogen) atoms. The topological polar surface area (TPSA) is 103 Å². The Balaban J connectivity index is 1.55. The summed E-state index contributed by atoms with van der Waals surface area (Å²) >= 11 is 1.64. The van der Waals surface area contributed by atoms with Crippen molar-refractivity contribution in [1.29, 1.82) is 0 Å². The van der Waals surface area contributed by atoms with Crippen LogP contribution < -0.4 is 11.1 Å². The second-order valence-corrected chi connectivity index (χ2v) is 6.77. The smallest absolute Gasteiger partial charge is 0.408 e. The molecule has 1 atom stereocenters. The van der Waals surface area contributed by atoms with Crippen molar-refractivity contribution in [3.05, 3.63) is 77.7 Å². The summed E-state index contributed by atoms with van der Waals surface area (Å²) in [7, 11) is 0. The number of nitrogens with two attached hydrogens (primary N) is 1. The lowest BCUT2D eigenvalue weighted by atomic mass is 10.2. The van der Waals surface area contributed by atoms with Crippen molar-refractivity contribution in [2.24, 2.45) is 0 Å². The van der Waals surface area contributed by atoms with Gasteiger partial charge in [-0.2, -0.15) is 11.8 Å². The number of thioether (sulfide) groups is 1. The molecule has 0 spiro atoms. The van der Waals surface area contributed by atoms with Gasteiger partial charge in [-0.15, -0.1) is 5.10 Å². The summed E-state index contributed by atoms with van der Waals surface area (Å²) in [6.45, 7) is 0.183. The van der Waals surface area contributed by atoms with Gasteiger partial charge in [-0.1, -0.05) is 65.8 Å². The van der Waals surface area contributed by atoms with E-state index in [0.717, 1.165) is 11.3 Å². The molecule has 3 aromatic rings. The van der Waals surface area contributed by atoms with Crippen molar-refractivity contribution < 1.29 is 13.9 Å². The first-order chi connectivity index (χ1) is 13.2. The van der Waals surface area contributed by atoms with Gasteiger partial charge in [0.25, 0.3) is 0 Å². The van der Waals surface area contributed by atoms with Crippen molar-refractivity contribution in [3.8, 4) is 0 Å². The zero-order chi connectivity index (χ0) is 18.9. The molecule has 140 valence electrons. The number of rotatable bonds is 8. The van der Waals surface area contributed by atoms with Crippen molar-refractivity contribution in [1.82, 2.24) is 15.5 Å². The number of nitrogens with one attached hydrogen (secondary N) is 1. The fourth-order valence-corrected chi connectivity index (χ4v) is 3.35. The van der Waals surface area contributed by atoms with Gasteiger partial charge >= 0.3 is 12.1 Å². The molecule has 0 aliphatic carbocycles. The van der Waals surface area contributed by atoms with E-state index in [2.05, 4.69) is 15.5 Å². The Morgan fingerprint density at radius 1 is 1.07 bits per heavy atom. The van der Waals surface area contributed by atoms with Gasteiger partial charge in [-0.25, -0.2) is 4.79 Å². The van der Waals surface area contributed by atoms with E-state index in [1.807, 2.05) is 60.7 Å². The molecule has 3 rings (SSSR count). The molecule has 0 bridgehead atoms. The van der Waals surface area contributed by atoms with Crippen LogP contribution in [0.25, 0.3) is 0 Å². The Hall–Kier alpha value is -3.00. The lowest BCUT2D eigenvalue weighted by Crippen LogP contribution is -2.31. The third-order valence-electron chi connectivity index (χ3n) is 3.66. The highest BCUT2D eigenvalue weighted by Gasteiger charge is 2.21. The van der Waals surface area contributed by atoms with Crippen LogP contribution in [-0.2, 0) is 17.1 Å². The summed E-state index contributed by atoms with van der Waals surface area (Å²) < 4.78 is 10.6. The number of ether oxygens (including phenoxy) is 1. The molecule has 8 heteroatoms. The summed E-state index contributed by atoms with van der Waals surface area (Å²) in [4.78, 5) is 12.2. The van der Waals surface area contributed by atoms with Gasteiger partial charge in [0.2, 0.25) is 5.89 Å². The van der Waals surface area contributed by atoms with Crippen LogP contribution in [0.2, 0.25) is 0 Å². The first-order valence-corrected chi connectivity index (χ1v) is 9.54. The zero-order valence-electron chi connectivity index (χ0n) is 14.6. The van der Waals surface area contributed by atoms with Crippen LogP contribution in [0, 0.1) is 0 Å². The first kappa shape index (κ1) is 18.8. The number of nitrogens with zero attached hydrogens (tertiary/aromatic N) is 2. The van der Waals surface area contributed by atoms with Gasteiger partial charge in [-0.05, 0) is 11.1 Å². The van der Waals surface area contributed by atoms with Crippen LogP contribution in [0.4, 0.5) is 10.8 Å². The molecule has 1 amide bonds. The van der Waals surface area contributed by atoms with E-state index in [1.54, 1.807) is 11.8 Å². The largest absolute Gasteiger partial charge is 0.445 e. The molecule has 7 nitrogen and oxygen atoms in total. The van der Waals surface area contributed by atoms with Gasteiger partial charge in [0.15, 0.2) is 0 Å². The summed E-state index contributed by atoms with van der Waals surface area (Å²) in [5.41, 5.74) is 7.61. The summed E-state index contributed by atoms with van der Waals surface area (Å²) in [5, 5.41) is 10.3. The monoisotopic (exact) mass is 384 g/mol. The molecular formula is C19H20N4O3S. The number of nitrogen functional groups attached to an aromatic ring is 1. The number of aromatic nitrogens is 2. The number of carbonyl (C=O) groups excluding carboxylic acids is 1. The molecule has 3 N–H and O–H groups in total. The maximum Gasteiger partial charge on any atom is 0.408 e. The SMILES string of the molecule is Nc1nnc([C@H](CSCc2ccccc2)NC(=O)OCc2ccccc2)o1. The number of hydrogen-bond donors (Lipinski definition) is 2. The Labute approximate surface area is 161 Å². The Kier molecular flexibility index (Phi) is 6.70. The average Bonchev–Trinajstić information content (AvgIpc) is 3.13. The zero-order valence-corrected chi connectivity index (χ0v) is 15.4. The summed E-state index contributed by atoms with van der Waals surface area (Å²) in [6, 6.07) is 19.0. The van der Waals surface area contributed by atoms with Crippen LogP contribution >= 0.6 is 11.8 Å². The summed E-state index contributed by atoms with van der Waals surface area (Å²) in [5.74, 6) is 1.59. The number of amides is 1. The Bertz CT molecular complexity index is 842. The lowest BCUT2D eigenvalue weighted by Gasteiger charge is -2.15. The second-order valence-electron chi connectivity index (χ2n) is 5.74.